The van der Waals surface area contributed by atoms with Gasteiger partial charge in [-0.15, -0.1) is 0 Å². The van der Waals surface area contributed by atoms with Crippen molar-refractivity contribution in [3.63, 3.8) is 0 Å². The van der Waals surface area contributed by atoms with Gasteiger partial charge in [-0.1, -0.05) is 0 Å². The van der Waals surface area contributed by atoms with Crippen LogP contribution >= 0.6 is 0 Å². The summed E-state index contributed by atoms with van der Waals surface area (Å²) in [5.74, 6) is 1.68. The average molecular weight is 224 g/mol. The molecule has 2 rings (SSSR count). The first kappa shape index (κ1) is 11.6. The van der Waals surface area contributed by atoms with Crippen LogP contribution in [0.25, 0.3) is 0 Å². The van der Waals surface area contributed by atoms with Gasteiger partial charge < -0.3 is 14.9 Å². The lowest BCUT2D eigenvalue weighted by molar-refractivity contribution is 0.151. The molecule has 1 saturated heterocycles. The van der Waals surface area contributed by atoms with Crippen molar-refractivity contribution in [1.29, 1.82) is 0 Å². The second kappa shape index (κ2) is 5.48. The van der Waals surface area contributed by atoms with Gasteiger partial charge in [0.2, 0.25) is 0 Å². The Morgan fingerprint density at radius 3 is 3.25 bits per heavy atom. The molecule has 0 spiro atoms. The van der Waals surface area contributed by atoms with Crippen LogP contribution in [-0.4, -0.2) is 31.7 Å². The third-order valence-electron chi connectivity index (χ3n) is 3.20. The molecule has 1 aromatic heterocycles. The summed E-state index contributed by atoms with van der Waals surface area (Å²) in [5.41, 5.74) is 6.77. The molecule has 1 atom stereocenters. The van der Waals surface area contributed by atoms with Gasteiger partial charge in [0.05, 0.1) is 19.4 Å². The third kappa shape index (κ3) is 2.64. The van der Waals surface area contributed by atoms with Gasteiger partial charge in [0, 0.05) is 25.8 Å². The number of hydrogen-bond donors (Lipinski definition) is 1. The van der Waals surface area contributed by atoms with Gasteiger partial charge >= 0.3 is 0 Å². The summed E-state index contributed by atoms with van der Waals surface area (Å²) in [6, 6.07) is 1.96. The number of rotatable bonds is 5. The van der Waals surface area contributed by atoms with Gasteiger partial charge in [0.25, 0.3) is 0 Å². The largest absolute Gasteiger partial charge is 0.468 e. The summed E-state index contributed by atoms with van der Waals surface area (Å²) in [5, 5.41) is 0. The Labute approximate surface area is 96.4 Å². The molecule has 2 heterocycles. The van der Waals surface area contributed by atoms with Crippen LogP contribution in [0.3, 0.4) is 0 Å². The fourth-order valence-corrected chi connectivity index (χ4v) is 2.32. The fraction of sp³-hybridized carbons (Fsp3) is 0.667. The Balaban J connectivity index is 1.87. The second-order valence-corrected chi connectivity index (χ2v) is 4.42. The van der Waals surface area contributed by atoms with Crippen LogP contribution in [0.15, 0.2) is 16.7 Å². The van der Waals surface area contributed by atoms with E-state index in [1.54, 1.807) is 13.4 Å². The predicted octanol–water partition coefficient (Wildman–Crippen LogP) is 1.21. The van der Waals surface area contributed by atoms with Crippen LogP contribution in [0.1, 0.15) is 17.7 Å². The number of methoxy groups -OCH3 is 1. The molecule has 4 heteroatoms. The zero-order chi connectivity index (χ0) is 11.4. The monoisotopic (exact) mass is 224 g/mol. The lowest BCUT2D eigenvalue weighted by Crippen LogP contribution is -2.21. The van der Waals surface area contributed by atoms with Gasteiger partial charge in [0.15, 0.2) is 0 Å². The third-order valence-corrected chi connectivity index (χ3v) is 3.20. The van der Waals surface area contributed by atoms with E-state index in [2.05, 4.69) is 4.90 Å². The number of likely N-dealkylation sites (tertiary alicyclic amines) is 1. The van der Waals surface area contributed by atoms with Crippen molar-refractivity contribution in [2.24, 2.45) is 11.7 Å². The topological polar surface area (TPSA) is 51.6 Å². The standard InChI is InChI=1S/C12H20N2O2/c1-15-9-10-2-4-14(7-10)8-12-11(6-13)3-5-16-12/h3,5,10H,2,4,6-9,13H2,1H3. The average Bonchev–Trinajstić information content (AvgIpc) is 2.89. The molecule has 1 unspecified atom stereocenters. The van der Waals surface area contributed by atoms with E-state index in [-0.39, 0.29) is 0 Å². The predicted molar refractivity (Wildman–Crippen MR) is 61.9 cm³/mol. The first-order valence-corrected chi connectivity index (χ1v) is 5.80. The molecule has 0 radical (unpaired) electrons. The van der Waals surface area contributed by atoms with E-state index in [0.717, 1.165) is 37.6 Å². The molecular formula is C12H20N2O2. The maximum atomic E-state index is 5.65. The maximum Gasteiger partial charge on any atom is 0.122 e. The van der Waals surface area contributed by atoms with E-state index in [1.165, 1.54) is 6.42 Å². The second-order valence-electron chi connectivity index (χ2n) is 4.42. The highest BCUT2D eigenvalue weighted by atomic mass is 16.5. The number of nitrogens with two attached hydrogens (primary N) is 1. The highest BCUT2D eigenvalue weighted by Gasteiger charge is 2.23. The molecule has 0 aliphatic carbocycles. The van der Waals surface area contributed by atoms with Crippen LogP contribution < -0.4 is 5.73 Å². The van der Waals surface area contributed by atoms with Crippen molar-refractivity contribution < 1.29 is 9.15 Å². The molecule has 1 aliphatic rings. The number of ether oxygens (including phenoxy) is 1. The van der Waals surface area contributed by atoms with Gasteiger partial charge in [-0.05, 0) is 24.9 Å². The highest BCUT2D eigenvalue weighted by Crippen LogP contribution is 2.20. The minimum atomic E-state index is 0.557. The molecule has 0 saturated carbocycles. The molecule has 1 aliphatic heterocycles. The molecule has 1 aromatic rings. The first-order valence-electron chi connectivity index (χ1n) is 5.80. The zero-order valence-corrected chi connectivity index (χ0v) is 9.82. The molecule has 0 aromatic carbocycles. The van der Waals surface area contributed by atoms with Crippen molar-refractivity contribution in [1.82, 2.24) is 4.90 Å². The van der Waals surface area contributed by atoms with Crippen LogP contribution in [0, 0.1) is 5.92 Å². The molecule has 1 fully saturated rings. The number of hydrogen-bond acceptors (Lipinski definition) is 4. The first-order chi connectivity index (χ1) is 7.83. The van der Waals surface area contributed by atoms with Crippen molar-refractivity contribution in [3.8, 4) is 0 Å². The Morgan fingerprint density at radius 1 is 1.62 bits per heavy atom. The van der Waals surface area contributed by atoms with Gasteiger partial charge in [-0.3, -0.25) is 4.90 Å². The zero-order valence-electron chi connectivity index (χ0n) is 9.82. The van der Waals surface area contributed by atoms with Gasteiger partial charge in [-0.2, -0.15) is 0 Å². The molecule has 4 nitrogen and oxygen atoms in total. The quantitative estimate of drug-likeness (QED) is 0.816. The Bertz CT molecular complexity index is 325. The van der Waals surface area contributed by atoms with Crippen LogP contribution in [-0.2, 0) is 17.8 Å². The molecule has 0 bridgehead atoms. The number of furan rings is 1. The molecule has 0 amide bonds. The Morgan fingerprint density at radius 2 is 2.50 bits per heavy atom. The smallest absolute Gasteiger partial charge is 0.122 e. The Hall–Kier alpha value is -0.840. The van der Waals surface area contributed by atoms with E-state index in [9.17, 15) is 0 Å². The van der Waals surface area contributed by atoms with Crippen molar-refractivity contribution in [2.45, 2.75) is 19.5 Å². The normalized spacial score (nSPS) is 21.8. The van der Waals surface area contributed by atoms with Gasteiger partial charge in [-0.25, -0.2) is 0 Å². The van der Waals surface area contributed by atoms with Crippen LogP contribution in [0.4, 0.5) is 0 Å². The van der Waals surface area contributed by atoms with Crippen molar-refractivity contribution in [3.05, 3.63) is 23.7 Å². The molecule has 16 heavy (non-hydrogen) atoms. The summed E-state index contributed by atoms with van der Waals surface area (Å²) in [4.78, 5) is 2.40. The molecule has 2 N–H and O–H groups in total. The summed E-state index contributed by atoms with van der Waals surface area (Å²) < 4.78 is 10.6. The minimum Gasteiger partial charge on any atom is -0.468 e. The lowest BCUT2D eigenvalue weighted by Gasteiger charge is -2.14. The fourth-order valence-electron chi connectivity index (χ4n) is 2.32. The van der Waals surface area contributed by atoms with E-state index in [0.29, 0.717) is 12.5 Å². The van der Waals surface area contributed by atoms with Gasteiger partial charge in [0.1, 0.15) is 5.76 Å². The van der Waals surface area contributed by atoms with Crippen LogP contribution in [0.2, 0.25) is 0 Å². The van der Waals surface area contributed by atoms with E-state index in [1.807, 2.05) is 6.07 Å². The lowest BCUT2D eigenvalue weighted by atomic mass is 10.1. The summed E-state index contributed by atoms with van der Waals surface area (Å²) in [6.07, 6.45) is 2.94. The summed E-state index contributed by atoms with van der Waals surface area (Å²) in [7, 11) is 1.77. The van der Waals surface area contributed by atoms with Crippen molar-refractivity contribution >= 4 is 0 Å². The van der Waals surface area contributed by atoms with Crippen LogP contribution in [0.5, 0.6) is 0 Å². The highest BCUT2D eigenvalue weighted by molar-refractivity contribution is 5.16. The van der Waals surface area contributed by atoms with E-state index >= 15 is 0 Å². The molecule has 90 valence electrons. The molecular weight excluding hydrogens is 204 g/mol. The SMILES string of the molecule is COCC1CCN(Cc2occc2CN)C1. The maximum absolute atomic E-state index is 5.65. The summed E-state index contributed by atoms with van der Waals surface area (Å²) in [6.45, 7) is 4.51. The Kier molecular flexibility index (Phi) is 3.98. The number of nitrogens with zero attached hydrogens (tertiary/aromatic N) is 1. The van der Waals surface area contributed by atoms with E-state index in [4.69, 9.17) is 14.9 Å². The van der Waals surface area contributed by atoms with Crippen molar-refractivity contribution in [2.75, 3.05) is 26.8 Å². The van der Waals surface area contributed by atoms with E-state index < -0.39 is 0 Å². The minimum absolute atomic E-state index is 0.557. The summed E-state index contributed by atoms with van der Waals surface area (Å²) >= 11 is 0.